The fourth-order valence-corrected chi connectivity index (χ4v) is 2.59. The van der Waals surface area contributed by atoms with Crippen molar-refractivity contribution in [1.29, 1.82) is 0 Å². The van der Waals surface area contributed by atoms with Gasteiger partial charge in [-0.2, -0.15) is 0 Å². The van der Waals surface area contributed by atoms with Crippen LogP contribution in [-0.4, -0.2) is 35.3 Å². The lowest BCUT2D eigenvalue weighted by Crippen LogP contribution is -2.47. The maximum atomic E-state index is 10.5. The molecular weight excluding hydrogens is 260 g/mol. The Morgan fingerprint density at radius 3 is 2.50 bits per heavy atom. The van der Waals surface area contributed by atoms with Crippen molar-refractivity contribution < 1.29 is 14.8 Å². The van der Waals surface area contributed by atoms with Crippen molar-refractivity contribution in [3.05, 3.63) is 34.4 Å². The average molecular weight is 280 g/mol. The molecule has 0 heterocycles. The second kappa shape index (κ2) is 6.67. The number of hydrogen-bond donors (Lipinski definition) is 2. The van der Waals surface area contributed by atoms with E-state index >= 15 is 0 Å². The van der Waals surface area contributed by atoms with E-state index in [1.165, 1.54) is 12.1 Å². The summed E-state index contributed by atoms with van der Waals surface area (Å²) in [6.45, 7) is 1.28. The standard InChI is InChI=1S/C14H20N2O4/c17-11-14(7-1-2-8-14)15-9-10-20-13-5-3-12(4-6-13)16(18)19/h3-6,15,17H,1-2,7-11H2. The van der Waals surface area contributed by atoms with Gasteiger partial charge in [-0.05, 0) is 25.0 Å². The monoisotopic (exact) mass is 280 g/mol. The van der Waals surface area contributed by atoms with E-state index < -0.39 is 4.92 Å². The summed E-state index contributed by atoms with van der Waals surface area (Å²) >= 11 is 0. The van der Waals surface area contributed by atoms with Crippen LogP contribution in [0.25, 0.3) is 0 Å². The van der Waals surface area contributed by atoms with Gasteiger partial charge in [0.25, 0.3) is 5.69 Å². The molecule has 0 unspecified atom stereocenters. The van der Waals surface area contributed by atoms with Crippen LogP contribution in [-0.2, 0) is 0 Å². The van der Waals surface area contributed by atoms with E-state index in [-0.39, 0.29) is 17.8 Å². The van der Waals surface area contributed by atoms with Crippen molar-refractivity contribution in [3.63, 3.8) is 0 Å². The van der Waals surface area contributed by atoms with Crippen LogP contribution in [0, 0.1) is 10.1 Å². The van der Waals surface area contributed by atoms with Crippen molar-refractivity contribution in [2.45, 2.75) is 31.2 Å². The highest BCUT2D eigenvalue weighted by Gasteiger charge is 2.32. The highest BCUT2D eigenvalue weighted by atomic mass is 16.6. The Morgan fingerprint density at radius 2 is 1.95 bits per heavy atom. The van der Waals surface area contributed by atoms with Crippen LogP contribution in [0.3, 0.4) is 0 Å². The van der Waals surface area contributed by atoms with Crippen molar-refractivity contribution in [2.75, 3.05) is 19.8 Å². The normalized spacial score (nSPS) is 17.1. The minimum atomic E-state index is -0.434. The number of aliphatic hydroxyl groups is 1. The molecule has 0 amide bonds. The van der Waals surface area contributed by atoms with Crippen LogP contribution in [0.1, 0.15) is 25.7 Å². The number of aliphatic hydroxyl groups excluding tert-OH is 1. The second-order valence-corrected chi connectivity index (χ2v) is 5.17. The molecule has 6 nitrogen and oxygen atoms in total. The number of rotatable bonds is 7. The zero-order valence-corrected chi connectivity index (χ0v) is 11.4. The third-order valence-electron chi connectivity index (χ3n) is 3.78. The highest BCUT2D eigenvalue weighted by molar-refractivity contribution is 5.35. The molecule has 0 aromatic heterocycles. The van der Waals surface area contributed by atoms with Gasteiger partial charge in [0.1, 0.15) is 12.4 Å². The van der Waals surface area contributed by atoms with Crippen LogP contribution < -0.4 is 10.1 Å². The minimum absolute atomic E-state index is 0.0562. The van der Waals surface area contributed by atoms with Crippen LogP contribution in [0.5, 0.6) is 5.75 Å². The third kappa shape index (κ3) is 3.68. The lowest BCUT2D eigenvalue weighted by Gasteiger charge is -2.28. The summed E-state index contributed by atoms with van der Waals surface area (Å²) in [6.07, 6.45) is 4.30. The Hall–Kier alpha value is -1.66. The number of nitrogens with zero attached hydrogens (tertiary/aromatic N) is 1. The van der Waals surface area contributed by atoms with Gasteiger partial charge >= 0.3 is 0 Å². The maximum Gasteiger partial charge on any atom is 0.269 e. The van der Waals surface area contributed by atoms with E-state index in [2.05, 4.69) is 5.32 Å². The summed E-state index contributed by atoms with van der Waals surface area (Å²) < 4.78 is 5.52. The topological polar surface area (TPSA) is 84.6 Å². The number of benzene rings is 1. The molecule has 1 aliphatic carbocycles. The second-order valence-electron chi connectivity index (χ2n) is 5.17. The SMILES string of the molecule is O=[N+]([O-])c1ccc(OCCNC2(CO)CCCC2)cc1. The Labute approximate surface area is 117 Å². The molecule has 1 aliphatic rings. The summed E-state index contributed by atoms with van der Waals surface area (Å²) in [7, 11) is 0. The van der Waals surface area contributed by atoms with Gasteiger partial charge in [-0.25, -0.2) is 0 Å². The van der Waals surface area contributed by atoms with Crippen molar-refractivity contribution in [2.24, 2.45) is 0 Å². The summed E-state index contributed by atoms with van der Waals surface area (Å²) in [6, 6.07) is 6.04. The van der Waals surface area contributed by atoms with Gasteiger partial charge in [-0.1, -0.05) is 12.8 Å². The highest BCUT2D eigenvalue weighted by Crippen LogP contribution is 2.28. The zero-order valence-electron chi connectivity index (χ0n) is 11.4. The lowest BCUT2D eigenvalue weighted by atomic mass is 9.99. The number of non-ortho nitro benzene ring substituents is 1. The molecule has 0 saturated heterocycles. The Morgan fingerprint density at radius 1 is 1.30 bits per heavy atom. The first kappa shape index (κ1) is 14.7. The predicted molar refractivity (Wildman–Crippen MR) is 74.9 cm³/mol. The van der Waals surface area contributed by atoms with E-state index in [0.29, 0.717) is 18.9 Å². The molecule has 1 aromatic rings. The van der Waals surface area contributed by atoms with Crippen LogP contribution >= 0.6 is 0 Å². The van der Waals surface area contributed by atoms with Crippen molar-refractivity contribution >= 4 is 5.69 Å². The molecule has 1 aromatic carbocycles. The van der Waals surface area contributed by atoms with Gasteiger partial charge in [-0.3, -0.25) is 10.1 Å². The zero-order chi connectivity index (χ0) is 14.4. The van der Waals surface area contributed by atoms with Crippen LogP contribution in [0.4, 0.5) is 5.69 Å². The van der Waals surface area contributed by atoms with E-state index in [0.717, 1.165) is 25.7 Å². The molecule has 0 atom stereocenters. The van der Waals surface area contributed by atoms with E-state index in [1.54, 1.807) is 12.1 Å². The summed E-state index contributed by atoms with van der Waals surface area (Å²) in [4.78, 5) is 10.1. The molecule has 1 saturated carbocycles. The third-order valence-corrected chi connectivity index (χ3v) is 3.78. The maximum absolute atomic E-state index is 10.5. The van der Waals surface area contributed by atoms with Gasteiger partial charge in [0.15, 0.2) is 0 Å². The predicted octanol–water partition coefficient (Wildman–Crippen LogP) is 1.87. The fraction of sp³-hybridized carbons (Fsp3) is 0.571. The Balaban J connectivity index is 1.74. The number of hydrogen-bond acceptors (Lipinski definition) is 5. The Bertz CT molecular complexity index is 441. The molecule has 0 radical (unpaired) electrons. The van der Waals surface area contributed by atoms with Gasteiger partial charge in [0.05, 0.1) is 11.5 Å². The molecule has 110 valence electrons. The van der Waals surface area contributed by atoms with Gasteiger partial charge in [0, 0.05) is 24.2 Å². The molecule has 6 heteroatoms. The van der Waals surface area contributed by atoms with Crippen LogP contribution in [0.2, 0.25) is 0 Å². The smallest absolute Gasteiger partial charge is 0.269 e. The quantitative estimate of drug-likeness (QED) is 0.452. The van der Waals surface area contributed by atoms with Gasteiger partial charge < -0.3 is 15.2 Å². The molecule has 0 aliphatic heterocycles. The molecule has 0 bridgehead atoms. The summed E-state index contributed by atoms with van der Waals surface area (Å²) in [5, 5.41) is 23.3. The van der Waals surface area contributed by atoms with Crippen molar-refractivity contribution in [1.82, 2.24) is 5.32 Å². The van der Waals surface area contributed by atoms with Crippen LogP contribution in [0.15, 0.2) is 24.3 Å². The molecule has 2 rings (SSSR count). The van der Waals surface area contributed by atoms with E-state index in [1.807, 2.05) is 0 Å². The molecule has 1 fully saturated rings. The largest absolute Gasteiger partial charge is 0.492 e. The van der Waals surface area contributed by atoms with Gasteiger partial charge in [0.2, 0.25) is 0 Å². The van der Waals surface area contributed by atoms with E-state index in [9.17, 15) is 15.2 Å². The summed E-state index contributed by atoms with van der Waals surface area (Å²) in [5.74, 6) is 0.613. The minimum Gasteiger partial charge on any atom is -0.492 e. The lowest BCUT2D eigenvalue weighted by molar-refractivity contribution is -0.384. The molecule has 20 heavy (non-hydrogen) atoms. The van der Waals surface area contributed by atoms with Gasteiger partial charge in [-0.15, -0.1) is 0 Å². The first-order chi connectivity index (χ1) is 9.65. The molecule has 2 N–H and O–H groups in total. The van der Waals surface area contributed by atoms with Crippen molar-refractivity contribution in [3.8, 4) is 5.75 Å². The Kier molecular flexibility index (Phi) is 4.92. The molecule has 0 spiro atoms. The number of ether oxygens (including phenoxy) is 1. The summed E-state index contributed by atoms with van der Waals surface area (Å²) in [5.41, 5.74) is -0.0839. The first-order valence-corrected chi connectivity index (χ1v) is 6.88. The average Bonchev–Trinajstić information content (AvgIpc) is 2.93. The molecular formula is C14H20N2O4. The first-order valence-electron chi connectivity index (χ1n) is 6.88. The number of nitrogens with one attached hydrogen (secondary N) is 1. The number of nitro benzene ring substituents is 1. The van der Waals surface area contributed by atoms with E-state index in [4.69, 9.17) is 4.74 Å². The fourth-order valence-electron chi connectivity index (χ4n) is 2.59. The number of nitro groups is 1.